The zero-order chi connectivity index (χ0) is 8.20. The monoisotopic (exact) mass is 165 g/mol. The van der Waals surface area contributed by atoms with Gasteiger partial charge in [0, 0.05) is 6.16 Å². The van der Waals surface area contributed by atoms with Crippen LogP contribution in [0.25, 0.3) is 0 Å². The molecule has 0 bridgehead atoms. The van der Waals surface area contributed by atoms with Gasteiger partial charge in [0.15, 0.2) is 0 Å². The summed E-state index contributed by atoms with van der Waals surface area (Å²) in [4.78, 5) is 0. The fraction of sp³-hybridized carbons (Fsp3) is 1.00. The highest BCUT2D eigenvalue weighted by Gasteiger charge is 2.21. The van der Waals surface area contributed by atoms with E-state index in [9.17, 15) is 4.57 Å². The molecule has 0 heterocycles. The zero-order valence-electron chi connectivity index (χ0n) is 7.13. The lowest BCUT2D eigenvalue weighted by Gasteiger charge is -2.22. The van der Waals surface area contributed by atoms with E-state index < -0.39 is 7.52 Å². The normalized spacial score (nSPS) is 17.3. The molecule has 4 heteroatoms. The van der Waals surface area contributed by atoms with Crippen molar-refractivity contribution in [3.63, 3.8) is 0 Å². The van der Waals surface area contributed by atoms with Gasteiger partial charge in [-0.05, 0) is 21.0 Å². The van der Waals surface area contributed by atoms with Gasteiger partial charge in [-0.25, -0.2) is 4.67 Å². The molecule has 0 aromatic heterocycles. The lowest BCUT2D eigenvalue weighted by atomic mass is 10.9. The summed E-state index contributed by atoms with van der Waals surface area (Å²) >= 11 is 0. The molecule has 0 amide bonds. The second kappa shape index (κ2) is 4.12. The minimum atomic E-state index is -2.44. The maximum atomic E-state index is 11.6. The molecule has 0 fully saturated rings. The van der Waals surface area contributed by atoms with Gasteiger partial charge < -0.3 is 4.52 Å². The third kappa shape index (κ3) is 2.41. The summed E-state index contributed by atoms with van der Waals surface area (Å²) < 4.78 is 18.4. The Balaban J connectivity index is 4.10. The highest BCUT2D eigenvalue weighted by molar-refractivity contribution is 7.56. The Morgan fingerprint density at radius 3 is 2.00 bits per heavy atom. The van der Waals surface area contributed by atoms with Crippen LogP contribution in [0.15, 0.2) is 0 Å². The third-order valence-corrected chi connectivity index (χ3v) is 4.02. The van der Waals surface area contributed by atoms with Crippen molar-refractivity contribution in [2.75, 3.05) is 26.9 Å². The topological polar surface area (TPSA) is 29.5 Å². The molecule has 0 saturated heterocycles. The van der Waals surface area contributed by atoms with Crippen LogP contribution < -0.4 is 0 Å². The Kier molecular flexibility index (Phi) is 4.18. The average molecular weight is 165 g/mol. The van der Waals surface area contributed by atoms with Crippen molar-refractivity contribution in [2.45, 2.75) is 13.8 Å². The number of rotatable bonds is 4. The molecule has 0 rings (SSSR count). The maximum Gasteiger partial charge on any atom is 0.271 e. The van der Waals surface area contributed by atoms with Crippen molar-refractivity contribution in [3.05, 3.63) is 0 Å². The molecule has 3 nitrogen and oxygen atoms in total. The van der Waals surface area contributed by atoms with Crippen molar-refractivity contribution >= 4 is 7.52 Å². The summed E-state index contributed by atoms with van der Waals surface area (Å²) in [5, 5.41) is 0. The first kappa shape index (κ1) is 10.2. The summed E-state index contributed by atoms with van der Waals surface area (Å²) in [6, 6.07) is 0. The number of nitrogens with zero attached hydrogens (tertiary/aromatic N) is 1. The van der Waals surface area contributed by atoms with E-state index in [1.165, 1.54) is 0 Å². The van der Waals surface area contributed by atoms with Crippen molar-refractivity contribution in [3.8, 4) is 0 Å². The molecule has 0 N–H and O–H groups in total. The molecule has 62 valence electrons. The smallest absolute Gasteiger partial charge is 0.271 e. The second-order valence-electron chi connectivity index (χ2n) is 2.22. The van der Waals surface area contributed by atoms with E-state index in [1.54, 1.807) is 18.8 Å². The van der Waals surface area contributed by atoms with E-state index >= 15 is 0 Å². The van der Waals surface area contributed by atoms with Gasteiger partial charge in [0.1, 0.15) is 0 Å². The Hall–Kier alpha value is 0.150. The quantitative estimate of drug-likeness (QED) is 0.595. The molecule has 0 aromatic rings. The summed E-state index contributed by atoms with van der Waals surface area (Å²) in [5.74, 6) is 0. The third-order valence-electron chi connectivity index (χ3n) is 1.34. The van der Waals surface area contributed by atoms with Gasteiger partial charge in [-0.2, -0.15) is 0 Å². The lowest BCUT2D eigenvalue weighted by molar-refractivity contribution is 0.298. The standard InChI is InChI=1S/C6H16NO2P/c1-5-9-10(8,6-2)7(3)4/h5-6H2,1-4H3. The van der Waals surface area contributed by atoms with Crippen molar-refractivity contribution in [1.82, 2.24) is 4.67 Å². The predicted octanol–water partition coefficient (Wildman–Crippen LogP) is 1.80. The maximum absolute atomic E-state index is 11.6. The van der Waals surface area contributed by atoms with Crippen LogP contribution in [-0.4, -0.2) is 31.5 Å². The summed E-state index contributed by atoms with van der Waals surface area (Å²) in [6.45, 7) is 4.24. The van der Waals surface area contributed by atoms with Crippen LogP contribution in [0.4, 0.5) is 0 Å². The minimum Gasteiger partial charge on any atom is -0.318 e. The SMILES string of the molecule is CCOP(=O)(CC)N(C)C. The van der Waals surface area contributed by atoms with Gasteiger partial charge in [-0.1, -0.05) is 6.92 Å². The minimum absolute atomic E-state index is 0.517. The zero-order valence-corrected chi connectivity index (χ0v) is 8.02. The van der Waals surface area contributed by atoms with Crippen molar-refractivity contribution < 1.29 is 9.09 Å². The van der Waals surface area contributed by atoms with Gasteiger partial charge in [0.2, 0.25) is 0 Å². The number of hydrogen-bond donors (Lipinski definition) is 0. The molecule has 0 aromatic carbocycles. The van der Waals surface area contributed by atoms with Crippen LogP contribution in [0.3, 0.4) is 0 Å². The van der Waals surface area contributed by atoms with Gasteiger partial charge in [-0.15, -0.1) is 0 Å². The molecule has 10 heavy (non-hydrogen) atoms. The fourth-order valence-corrected chi connectivity index (χ4v) is 2.07. The van der Waals surface area contributed by atoms with Crippen LogP contribution in [0, 0.1) is 0 Å². The predicted molar refractivity (Wildman–Crippen MR) is 43.5 cm³/mol. The van der Waals surface area contributed by atoms with Crippen LogP contribution in [0.1, 0.15) is 13.8 Å². The van der Waals surface area contributed by atoms with Crippen LogP contribution >= 0.6 is 7.52 Å². The van der Waals surface area contributed by atoms with Gasteiger partial charge in [0.25, 0.3) is 7.52 Å². The molecule has 1 unspecified atom stereocenters. The van der Waals surface area contributed by atoms with E-state index in [1.807, 2.05) is 13.8 Å². The van der Waals surface area contributed by atoms with Gasteiger partial charge in [0.05, 0.1) is 6.61 Å². The molecule has 0 radical (unpaired) electrons. The molecule has 0 spiro atoms. The fourth-order valence-electron chi connectivity index (χ4n) is 0.691. The van der Waals surface area contributed by atoms with Crippen LogP contribution in [-0.2, 0) is 9.09 Å². The van der Waals surface area contributed by atoms with Crippen LogP contribution in [0.5, 0.6) is 0 Å². The highest BCUT2D eigenvalue weighted by atomic mass is 31.2. The molecule has 0 aliphatic heterocycles. The van der Waals surface area contributed by atoms with Crippen LogP contribution in [0.2, 0.25) is 0 Å². The number of hydrogen-bond acceptors (Lipinski definition) is 2. The van der Waals surface area contributed by atoms with Crippen molar-refractivity contribution in [1.29, 1.82) is 0 Å². The van der Waals surface area contributed by atoms with E-state index in [0.29, 0.717) is 12.8 Å². The Morgan fingerprint density at radius 1 is 1.40 bits per heavy atom. The summed E-state index contributed by atoms with van der Waals surface area (Å²) in [7, 11) is 1.12. The Labute approximate surface area is 62.9 Å². The average Bonchev–Trinajstić information content (AvgIpc) is 1.88. The summed E-state index contributed by atoms with van der Waals surface area (Å²) in [6.07, 6.45) is 0.577. The van der Waals surface area contributed by atoms with E-state index in [4.69, 9.17) is 4.52 Å². The van der Waals surface area contributed by atoms with E-state index in [-0.39, 0.29) is 0 Å². The first-order valence-corrected chi connectivity index (χ1v) is 5.24. The molecule has 0 saturated carbocycles. The largest absolute Gasteiger partial charge is 0.318 e. The Morgan fingerprint density at radius 2 is 1.90 bits per heavy atom. The Bertz CT molecular complexity index is 136. The van der Waals surface area contributed by atoms with Gasteiger partial charge in [-0.3, -0.25) is 4.57 Å². The van der Waals surface area contributed by atoms with Crippen molar-refractivity contribution in [2.24, 2.45) is 0 Å². The van der Waals surface area contributed by atoms with E-state index in [2.05, 4.69) is 0 Å². The molecule has 1 atom stereocenters. The molecule has 0 aliphatic rings. The molecule has 0 aliphatic carbocycles. The highest BCUT2D eigenvalue weighted by Crippen LogP contribution is 2.47. The summed E-state index contributed by atoms with van der Waals surface area (Å²) in [5.41, 5.74) is 0. The molecular formula is C6H16NO2P. The van der Waals surface area contributed by atoms with E-state index in [0.717, 1.165) is 0 Å². The lowest BCUT2D eigenvalue weighted by Crippen LogP contribution is -2.12. The second-order valence-corrected chi connectivity index (χ2v) is 5.18. The first-order valence-electron chi connectivity index (χ1n) is 3.48. The molecular weight excluding hydrogens is 149 g/mol. The van der Waals surface area contributed by atoms with Gasteiger partial charge >= 0.3 is 0 Å². The first-order chi connectivity index (χ1) is 4.56.